The summed E-state index contributed by atoms with van der Waals surface area (Å²) in [7, 11) is 0. The summed E-state index contributed by atoms with van der Waals surface area (Å²) in [6, 6.07) is 0. The average Bonchev–Trinajstić information content (AvgIpc) is 2.60. The van der Waals surface area contributed by atoms with Crippen molar-refractivity contribution in [3.63, 3.8) is 0 Å². The van der Waals surface area contributed by atoms with Gasteiger partial charge in [-0.2, -0.15) is 13.2 Å². The zero-order valence-electron chi connectivity index (χ0n) is 10.2. The van der Waals surface area contributed by atoms with Gasteiger partial charge in [0.2, 0.25) is 0 Å². The van der Waals surface area contributed by atoms with Crippen LogP contribution in [-0.4, -0.2) is 6.18 Å². The van der Waals surface area contributed by atoms with Crippen LogP contribution in [0.4, 0.5) is 13.2 Å². The summed E-state index contributed by atoms with van der Waals surface area (Å²) < 4.78 is 35.8. The second-order valence-electron chi connectivity index (χ2n) is 5.19. The second-order valence-corrected chi connectivity index (χ2v) is 5.19. The van der Waals surface area contributed by atoms with E-state index in [-0.39, 0.29) is 0 Å². The van der Waals surface area contributed by atoms with E-state index in [0.717, 1.165) is 18.8 Å². The summed E-state index contributed by atoms with van der Waals surface area (Å²) in [6.45, 7) is 2.21. The maximum absolute atomic E-state index is 11.9. The molecule has 0 aromatic rings. The molecule has 16 heavy (non-hydrogen) atoms. The van der Waals surface area contributed by atoms with Gasteiger partial charge in [0.05, 0.1) is 0 Å². The first-order valence-electron chi connectivity index (χ1n) is 6.58. The quantitative estimate of drug-likeness (QED) is 0.547. The highest BCUT2D eigenvalue weighted by molar-refractivity contribution is 4.75. The number of rotatable bonds is 6. The van der Waals surface area contributed by atoms with Crippen LogP contribution in [0.25, 0.3) is 0 Å². The van der Waals surface area contributed by atoms with Gasteiger partial charge in [-0.25, -0.2) is 0 Å². The molecule has 0 bridgehead atoms. The molecule has 0 radical (unpaired) electrons. The lowest BCUT2D eigenvalue weighted by Crippen LogP contribution is -2.06. The van der Waals surface area contributed by atoms with Crippen molar-refractivity contribution in [2.45, 2.75) is 70.9 Å². The summed E-state index contributed by atoms with van der Waals surface area (Å²) in [4.78, 5) is 0. The first-order valence-corrected chi connectivity index (χ1v) is 6.58. The smallest absolute Gasteiger partial charge is 0.171 e. The van der Waals surface area contributed by atoms with Gasteiger partial charge in [0.1, 0.15) is 0 Å². The van der Waals surface area contributed by atoms with Crippen LogP contribution >= 0.6 is 0 Å². The predicted octanol–water partition coefficient (Wildman–Crippen LogP) is 5.33. The SMILES string of the molecule is CCCC1CCC(CCCCC(F)(F)F)C1. The third-order valence-corrected chi connectivity index (χ3v) is 3.67. The Labute approximate surface area is 96.6 Å². The Bertz CT molecular complexity index is 186. The van der Waals surface area contributed by atoms with Gasteiger partial charge in [0.15, 0.2) is 0 Å². The van der Waals surface area contributed by atoms with Crippen LogP contribution in [0, 0.1) is 11.8 Å². The van der Waals surface area contributed by atoms with Crippen molar-refractivity contribution in [3.8, 4) is 0 Å². The lowest BCUT2D eigenvalue weighted by Gasteiger charge is -2.11. The van der Waals surface area contributed by atoms with E-state index >= 15 is 0 Å². The topological polar surface area (TPSA) is 0 Å². The van der Waals surface area contributed by atoms with Gasteiger partial charge in [-0.15, -0.1) is 0 Å². The fraction of sp³-hybridized carbons (Fsp3) is 1.00. The highest BCUT2D eigenvalue weighted by atomic mass is 19.4. The normalized spacial score (nSPS) is 26.2. The molecule has 96 valence electrons. The van der Waals surface area contributed by atoms with E-state index in [1.165, 1.54) is 32.1 Å². The van der Waals surface area contributed by atoms with Gasteiger partial charge in [0, 0.05) is 6.42 Å². The molecular weight excluding hydrogens is 213 g/mol. The molecule has 1 aliphatic carbocycles. The Morgan fingerprint density at radius 1 is 1.00 bits per heavy atom. The summed E-state index contributed by atoms with van der Waals surface area (Å²) >= 11 is 0. The fourth-order valence-electron chi connectivity index (χ4n) is 2.87. The van der Waals surface area contributed by atoms with Crippen molar-refractivity contribution < 1.29 is 13.2 Å². The highest BCUT2D eigenvalue weighted by Crippen LogP contribution is 2.36. The molecule has 1 aliphatic rings. The van der Waals surface area contributed by atoms with Crippen molar-refractivity contribution in [3.05, 3.63) is 0 Å². The van der Waals surface area contributed by atoms with Crippen molar-refractivity contribution in [1.29, 1.82) is 0 Å². The number of hydrogen-bond donors (Lipinski definition) is 0. The second kappa shape index (κ2) is 6.51. The minimum atomic E-state index is -3.96. The number of alkyl halides is 3. The minimum Gasteiger partial charge on any atom is -0.171 e. The first-order chi connectivity index (χ1) is 7.51. The van der Waals surface area contributed by atoms with E-state index < -0.39 is 12.6 Å². The van der Waals surface area contributed by atoms with Crippen molar-refractivity contribution in [2.75, 3.05) is 0 Å². The van der Waals surface area contributed by atoms with Crippen LogP contribution in [0.2, 0.25) is 0 Å². The largest absolute Gasteiger partial charge is 0.389 e. The van der Waals surface area contributed by atoms with E-state index in [1.54, 1.807) is 0 Å². The van der Waals surface area contributed by atoms with Gasteiger partial charge in [0.25, 0.3) is 0 Å². The molecular formula is C13H23F3. The van der Waals surface area contributed by atoms with Crippen LogP contribution in [0.15, 0.2) is 0 Å². The molecule has 0 spiro atoms. The van der Waals surface area contributed by atoms with Gasteiger partial charge in [-0.3, -0.25) is 0 Å². The van der Waals surface area contributed by atoms with E-state index in [2.05, 4.69) is 6.92 Å². The van der Waals surface area contributed by atoms with E-state index in [4.69, 9.17) is 0 Å². The average molecular weight is 236 g/mol. The van der Waals surface area contributed by atoms with E-state index in [9.17, 15) is 13.2 Å². The maximum atomic E-state index is 11.9. The molecule has 1 fully saturated rings. The summed E-state index contributed by atoms with van der Waals surface area (Å²) in [5.74, 6) is 1.57. The van der Waals surface area contributed by atoms with Crippen LogP contribution < -0.4 is 0 Å². The zero-order chi connectivity index (χ0) is 12.0. The molecule has 0 amide bonds. The summed E-state index contributed by atoms with van der Waals surface area (Å²) in [6.07, 6.45) is 3.88. The van der Waals surface area contributed by atoms with Crippen LogP contribution in [0.1, 0.15) is 64.7 Å². The molecule has 0 aromatic heterocycles. The third kappa shape index (κ3) is 5.76. The molecule has 2 unspecified atom stereocenters. The molecule has 0 nitrogen and oxygen atoms in total. The Kier molecular flexibility index (Phi) is 5.63. The van der Waals surface area contributed by atoms with E-state index in [1.807, 2.05) is 0 Å². The fourth-order valence-corrected chi connectivity index (χ4v) is 2.87. The molecule has 1 rings (SSSR count). The van der Waals surface area contributed by atoms with Crippen LogP contribution in [0.5, 0.6) is 0 Å². The standard InChI is InChI=1S/C13H23F3/c1-2-5-11-7-8-12(10-11)6-3-4-9-13(14,15)16/h11-12H,2-10H2,1H3. The molecule has 3 heteroatoms. The molecule has 0 N–H and O–H groups in total. The molecule has 0 saturated heterocycles. The molecule has 0 heterocycles. The Morgan fingerprint density at radius 3 is 2.19 bits per heavy atom. The molecule has 0 aromatic carbocycles. The Morgan fingerprint density at radius 2 is 1.62 bits per heavy atom. The summed E-state index contributed by atoms with van der Waals surface area (Å²) in [5, 5.41) is 0. The van der Waals surface area contributed by atoms with Crippen molar-refractivity contribution in [1.82, 2.24) is 0 Å². The number of unbranched alkanes of at least 4 members (excludes halogenated alkanes) is 1. The number of hydrogen-bond acceptors (Lipinski definition) is 0. The molecule has 2 atom stereocenters. The zero-order valence-corrected chi connectivity index (χ0v) is 10.2. The first kappa shape index (κ1) is 13.9. The van der Waals surface area contributed by atoms with Crippen LogP contribution in [0.3, 0.4) is 0 Å². The predicted molar refractivity (Wildman–Crippen MR) is 60.3 cm³/mol. The monoisotopic (exact) mass is 236 g/mol. The van der Waals surface area contributed by atoms with Crippen molar-refractivity contribution in [2.24, 2.45) is 11.8 Å². The molecule has 1 saturated carbocycles. The lowest BCUT2D eigenvalue weighted by molar-refractivity contribution is -0.135. The van der Waals surface area contributed by atoms with Gasteiger partial charge < -0.3 is 0 Å². The maximum Gasteiger partial charge on any atom is 0.389 e. The Hall–Kier alpha value is -0.210. The van der Waals surface area contributed by atoms with Gasteiger partial charge >= 0.3 is 6.18 Å². The van der Waals surface area contributed by atoms with Crippen molar-refractivity contribution >= 4 is 0 Å². The Balaban J connectivity index is 2.02. The van der Waals surface area contributed by atoms with Gasteiger partial charge in [-0.1, -0.05) is 45.4 Å². The van der Waals surface area contributed by atoms with Gasteiger partial charge in [-0.05, 0) is 24.7 Å². The highest BCUT2D eigenvalue weighted by Gasteiger charge is 2.27. The molecule has 0 aliphatic heterocycles. The third-order valence-electron chi connectivity index (χ3n) is 3.67. The lowest BCUT2D eigenvalue weighted by atomic mass is 9.96. The minimum absolute atomic E-state index is 0.318. The van der Waals surface area contributed by atoms with E-state index in [0.29, 0.717) is 12.3 Å². The summed E-state index contributed by atoms with van der Waals surface area (Å²) in [5.41, 5.74) is 0. The van der Waals surface area contributed by atoms with Crippen LogP contribution in [-0.2, 0) is 0 Å². The number of halogens is 3.